The van der Waals surface area contributed by atoms with E-state index < -0.39 is 5.09 Å². The maximum absolute atomic E-state index is 8.36. The van der Waals surface area contributed by atoms with E-state index in [9.17, 15) is 0 Å². The van der Waals surface area contributed by atoms with Crippen molar-refractivity contribution in [2.75, 3.05) is 0 Å². The van der Waals surface area contributed by atoms with Crippen molar-refractivity contribution < 1.29 is 40.7 Å². The van der Waals surface area contributed by atoms with Gasteiger partial charge in [-0.25, -0.2) is 0 Å². The number of hydrogen-bond donors (Lipinski definition) is 1. The molecule has 0 saturated carbocycles. The fourth-order valence-corrected chi connectivity index (χ4v) is 0. The Hall–Kier alpha value is -0.556. The third-order valence-corrected chi connectivity index (χ3v) is 0. The Labute approximate surface area is 51.7 Å². The van der Waals surface area contributed by atoms with Crippen LogP contribution in [0.1, 0.15) is 0 Å². The molecule has 0 atom stereocenters. The van der Waals surface area contributed by atoms with E-state index in [0.717, 1.165) is 17.4 Å². The molecule has 5 nitrogen and oxygen atoms in total. The fourth-order valence-electron chi connectivity index (χ4n) is 0. The summed E-state index contributed by atoms with van der Waals surface area (Å²) in [4.78, 5) is 8.36. The number of hydrogen-bond acceptors (Lipinski definition) is 3. The molecule has 0 aromatic carbocycles. The molecule has 0 heterocycles. The number of halogens is 2. The van der Waals surface area contributed by atoms with Crippen molar-refractivity contribution in [3.63, 3.8) is 0 Å². The molecule has 0 bridgehead atoms. The molecular weight excluding hydrogens is 167 g/mol. The van der Waals surface area contributed by atoms with E-state index in [-0.39, 0.29) is 9.41 Å². The van der Waals surface area contributed by atoms with E-state index in [1.807, 2.05) is 0 Å². The summed E-state index contributed by atoms with van der Waals surface area (Å²) in [7, 11) is 0. The zero-order valence-electron chi connectivity index (χ0n) is 3.38. The van der Waals surface area contributed by atoms with Gasteiger partial charge in [-0.1, -0.05) is 0 Å². The fraction of sp³-hybridized carbons (Fsp3) is 0. The van der Waals surface area contributed by atoms with Gasteiger partial charge < -0.3 is 5.21 Å². The van der Waals surface area contributed by atoms with Crippen LogP contribution in [0.5, 0.6) is 0 Å². The van der Waals surface area contributed by atoms with Gasteiger partial charge in [0.05, 0.1) is 0 Å². The molecule has 0 spiro atoms. The molecule has 0 saturated heterocycles. The quantitative estimate of drug-likeness (QED) is 0.404. The third kappa shape index (κ3) is 348. The summed E-state index contributed by atoms with van der Waals surface area (Å²) >= 11 is 1.06. The van der Waals surface area contributed by atoms with Crippen LogP contribution in [0, 0.1) is 10.1 Å². The van der Waals surface area contributed by atoms with Crippen molar-refractivity contribution in [3.8, 4) is 0 Å². The van der Waals surface area contributed by atoms with Crippen molar-refractivity contribution in [2.24, 2.45) is 0 Å². The zero-order valence-corrected chi connectivity index (χ0v) is 4.78. The molecule has 8 heavy (non-hydrogen) atoms. The Bertz CT molecular complexity index is 45.3. The summed E-state index contributed by atoms with van der Waals surface area (Å²) in [6.45, 7) is 0. The van der Waals surface area contributed by atoms with Crippen molar-refractivity contribution in [3.05, 3.63) is 10.1 Å². The molecule has 51 valence electrons. The van der Waals surface area contributed by atoms with Crippen LogP contribution < -0.4 is 0 Å². The number of rotatable bonds is 0. The van der Waals surface area contributed by atoms with E-state index in [0.29, 0.717) is 0 Å². The predicted molar refractivity (Wildman–Crippen MR) is 14.5 cm³/mol. The van der Waals surface area contributed by atoms with Crippen LogP contribution in [0.4, 0.5) is 9.41 Å². The third-order valence-electron chi connectivity index (χ3n) is 0. The second kappa shape index (κ2) is 32.0. The van der Waals surface area contributed by atoms with Gasteiger partial charge in [0.15, 0.2) is 0 Å². The first-order valence-corrected chi connectivity index (χ1v) is 1.32. The van der Waals surface area contributed by atoms with E-state index in [1.54, 1.807) is 0 Å². The predicted octanol–water partition coefficient (Wildman–Crippen LogP) is -0.164. The van der Waals surface area contributed by atoms with Crippen LogP contribution in [-0.4, -0.2) is 10.3 Å². The van der Waals surface area contributed by atoms with E-state index in [1.165, 1.54) is 0 Å². The summed E-state index contributed by atoms with van der Waals surface area (Å²) in [5.74, 6) is 0. The zero-order chi connectivity index (χ0) is 5.58. The van der Waals surface area contributed by atoms with Crippen LogP contribution in [0.3, 0.4) is 0 Å². The Morgan fingerprint density at radius 3 is 1.38 bits per heavy atom. The van der Waals surface area contributed by atoms with Gasteiger partial charge in [0.1, 0.15) is 0 Å². The minimum absolute atomic E-state index is 0. The summed E-state index contributed by atoms with van der Waals surface area (Å²) in [6, 6.07) is 0. The van der Waals surface area contributed by atoms with Crippen molar-refractivity contribution in [1.29, 1.82) is 0 Å². The maximum atomic E-state index is 8.36. The van der Waals surface area contributed by atoms with Gasteiger partial charge >= 0.3 is 21.0 Å². The molecule has 0 aliphatic rings. The summed E-state index contributed by atoms with van der Waals surface area (Å²) in [5, 5.41) is 13.6. The minimum atomic E-state index is -1.50. The Morgan fingerprint density at radius 2 is 1.38 bits per heavy atom. The molecule has 1 N–H and O–H groups in total. The topological polar surface area (TPSA) is 80.4 Å². The Morgan fingerprint density at radius 1 is 1.38 bits per heavy atom. The Kier molecular flexibility index (Phi) is 104. The SMILES string of the molecule is F.F.O=[N+]([O-])O.[O]=[V]. The Balaban J connectivity index is -0.0000000183. The molecule has 0 aliphatic carbocycles. The van der Waals surface area contributed by atoms with Gasteiger partial charge in [-0.3, -0.25) is 9.41 Å². The second-order valence-corrected chi connectivity index (χ2v) is 0.238. The van der Waals surface area contributed by atoms with Crippen molar-refractivity contribution in [2.45, 2.75) is 0 Å². The van der Waals surface area contributed by atoms with Crippen LogP contribution in [-0.2, 0) is 21.0 Å². The average Bonchev–Trinajstić information content (AvgIpc) is 1.41. The van der Waals surface area contributed by atoms with Gasteiger partial charge in [0.25, 0.3) is 5.09 Å². The van der Waals surface area contributed by atoms with Gasteiger partial charge in [0.2, 0.25) is 0 Å². The van der Waals surface area contributed by atoms with E-state index in [4.69, 9.17) is 19.0 Å². The van der Waals surface area contributed by atoms with Crippen molar-refractivity contribution >= 4 is 0 Å². The van der Waals surface area contributed by atoms with Crippen LogP contribution in [0.15, 0.2) is 0 Å². The summed E-state index contributed by atoms with van der Waals surface area (Å²) in [5.41, 5.74) is 0. The van der Waals surface area contributed by atoms with Gasteiger partial charge in [-0.05, 0) is 0 Å². The molecule has 0 fully saturated rings. The first-order valence-electron chi connectivity index (χ1n) is 0.748. The normalized spacial score (nSPS) is 3.38. The van der Waals surface area contributed by atoms with Gasteiger partial charge in [-0.15, -0.1) is 10.1 Å². The van der Waals surface area contributed by atoms with Gasteiger partial charge in [0, 0.05) is 0 Å². The molecule has 8 heteroatoms. The average molecular weight is 170 g/mol. The molecule has 0 aliphatic heterocycles. The van der Waals surface area contributed by atoms with Crippen molar-refractivity contribution in [1.82, 2.24) is 0 Å². The molecule has 0 radical (unpaired) electrons. The van der Waals surface area contributed by atoms with Gasteiger partial charge in [-0.2, -0.15) is 0 Å². The van der Waals surface area contributed by atoms with Crippen LogP contribution in [0.25, 0.3) is 0 Å². The monoisotopic (exact) mass is 170 g/mol. The van der Waals surface area contributed by atoms with Crippen LogP contribution >= 0.6 is 0 Å². The van der Waals surface area contributed by atoms with E-state index >= 15 is 0 Å². The molecular formula is H3F2NO4V. The second-order valence-electron chi connectivity index (χ2n) is 0.238. The number of nitrogens with zero attached hydrogens (tertiary/aromatic N) is 1. The molecule has 0 aromatic heterocycles. The first-order chi connectivity index (χ1) is 2.73. The summed E-state index contributed by atoms with van der Waals surface area (Å²) < 4.78 is 8.19. The first kappa shape index (κ1) is 26.1. The van der Waals surface area contributed by atoms with Crippen LogP contribution in [0.2, 0.25) is 0 Å². The molecule has 0 aromatic rings. The molecule has 0 rings (SSSR count). The standard InChI is InChI=1S/2FH.HNO3.O.V/c;;2-1(3)4;;/h2*1H;(H,2,3,4);;. The van der Waals surface area contributed by atoms with E-state index in [2.05, 4.69) is 0 Å². The molecule has 0 unspecified atom stereocenters. The molecule has 0 amide bonds. The summed E-state index contributed by atoms with van der Waals surface area (Å²) in [6.07, 6.45) is 0.